The maximum atomic E-state index is 6.53. The Hall–Kier alpha value is -0.870. The molecule has 2 aromatic carbocycles. The molecule has 2 nitrogen and oxygen atoms in total. The van der Waals surface area contributed by atoms with E-state index in [1.165, 1.54) is 0 Å². The van der Waals surface area contributed by atoms with Gasteiger partial charge in [0.1, 0.15) is 5.75 Å². The minimum atomic E-state index is 0.0645. The molecular formula is C19H15BrCl3NO. The Morgan fingerprint density at radius 3 is 2.72 bits per heavy atom. The summed E-state index contributed by atoms with van der Waals surface area (Å²) in [6.45, 7) is 0. The van der Waals surface area contributed by atoms with E-state index in [9.17, 15) is 0 Å². The predicted octanol–water partition coefficient (Wildman–Crippen LogP) is 7.24. The van der Waals surface area contributed by atoms with Crippen LogP contribution in [-0.4, -0.2) is 7.11 Å². The van der Waals surface area contributed by atoms with Gasteiger partial charge in [-0.05, 0) is 36.6 Å². The van der Waals surface area contributed by atoms with E-state index in [-0.39, 0.29) is 12.0 Å². The molecule has 3 atom stereocenters. The molecule has 2 aliphatic rings. The molecule has 0 bridgehead atoms. The van der Waals surface area contributed by atoms with Crippen LogP contribution in [0.5, 0.6) is 5.75 Å². The van der Waals surface area contributed by atoms with Crippen molar-refractivity contribution in [2.24, 2.45) is 5.92 Å². The van der Waals surface area contributed by atoms with E-state index in [0.717, 1.165) is 33.5 Å². The molecule has 0 fully saturated rings. The number of anilines is 1. The van der Waals surface area contributed by atoms with Crippen LogP contribution in [0.15, 0.2) is 40.9 Å². The van der Waals surface area contributed by atoms with Gasteiger partial charge in [0.05, 0.1) is 33.9 Å². The highest BCUT2D eigenvalue weighted by atomic mass is 79.9. The van der Waals surface area contributed by atoms with Crippen LogP contribution in [0.25, 0.3) is 0 Å². The van der Waals surface area contributed by atoms with Gasteiger partial charge < -0.3 is 10.1 Å². The number of rotatable bonds is 2. The minimum Gasteiger partial charge on any atom is -0.496 e. The first-order valence-corrected chi connectivity index (χ1v) is 9.88. The zero-order valence-corrected chi connectivity index (χ0v) is 17.2. The zero-order valence-electron chi connectivity index (χ0n) is 13.3. The quantitative estimate of drug-likeness (QED) is 0.377. The number of ether oxygens (including phenoxy) is 1. The number of methoxy groups -OCH3 is 1. The van der Waals surface area contributed by atoms with Gasteiger partial charge >= 0.3 is 0 Å². The van der Waals surface area contributed by atoms with Gasteiger partial charge in [-0.2, -0.15) is 0 Å². The zero-order chi connectivity index (χ0) is 17.7. The van der Waals surface area contributed by atoms with Crippen molar-refractivity contribution in [3.8, 4) is 5.75 Å². The van der Waals surface area contributed by atoms with Crippen LogP contribution in [0.2, 0.25) is 15.1 Å². The van der Waals surface area contributed by atoms with Crippen molar-refractivity contribution >= 4 is 56.4 Å². The summed E-state index contributed by atoms with van der Waals surface area (Å²) in [6, 6.07) is 7.82. The number of fused-ring (bicyclic) bond motifs is 3. The number of benzene rings is 2. The highest BCUT2D eigenvalue weighted by molar-refractivity contribution is 9.10. The topological polar surface area (TPSA) is 21.3 Å². The summed E-state index contributed by atoms with van der Waals surface area (Å²) >= 11 is 22.9. The largest absolute Gasteiger partial charge is 0.496 e. The molecule has 0 radical (unpaired) electrons. The number of allylic oxidation sites excluding steroid dienone is 2. The van der Waals surface area contributed by atoms with Gasteiger partial charge in [0.15, 0.2) is 0 Å². The molecule has 6 heteroatoms. The highest BCUT2D eigenvalue weighted by Gasteiger charge is 2.41. The van der Waals surface area contributed by atoms with Gasteiger partial charge in [-0.25, -0.2) is 0 Å². The van der Waals surface area contributed by atoms with Crippen molar-refractivity contribution in [3.05, 3.63) is 67.1 Å². The van der Waals surface area contributed by atoms with Crippen LogP contribution in [0.1, 0.15) is 29.5 Å². The van der Waals surface area contributed by atoms with Gasteiger partial charge in [-0.3, -0.25) is 0 Å². The highest BCUT2D eigenvalue weighted by Crippen LogP contribution is 2.55. The maximum absolute atomic E-state index is 6.53. The third kappa shape index (κ3) is 2.86. The van der Waals surface area contributed by atoms with E-state index in [1.54, 1.807) is 13.2 Å². The first-order chi connectivity index (χ1) is 12.0. The van der Waals surface area contributed by atoms with Crippen molar-refractivity contribution in [2.75, 3.05) is 12.4 Å². The van der Waals surface area contributed by atoms with Gasteiger partial charge in [-0.15, -0.1) is 0 Å². The summed E-state index contributed by atoms with van der Waals surface area (Å²) in [5, 5.41) is 5.26. The fourth-order valence-corrected chi connectivity index (χ4v) is 5.10. The molecular weight excluding hydrogens is 444 g/mol. The second-order valence-electron chi connectivity index (χ2n) is 6.30. The summed E-state index contributed by atoms with van der Waals surface area (Å²) in [5.74, 6) is 1.35. The second-order valence-corrected chi connectivity index (χ2v) is 8.41. The van der Waals surface area contributed by atoms with Crippen molar-refractivity contribution in [3.63, 3.8) is 0 Å². The van der Waals surface area contributed by atoms with Crippen molar-refractivity contribution in [1.29, 1.82) is 0 Å². The molecule has 0 saturated heterocycles. The lowest BCUT2D eigenvalue weighted by Crippen LogP contribution is -2.30. The average Bonchev–Trinajstić information content (AvgIpc) is 3.08. The van der Waals surface area contributed by atoms with E-state index < -0.39 is 0 Å². The number of halogens is 4. The summed E-state index contributed by atoms with van der Waals surface area (Å²) in [4.78, 5) is 0. The molecule has 1 aliphatic heterocycles. The van der Waals surface area contributed by atoms with Gasteiger partial charge in [0, 0.05) is 21.5 Å². The SMILES string of the molecule is COc1ccc(Br)cc1[C@@H]1Nc2c(Cl)cc(Cl)c(Cl)c2[C@@H]2C=CC[C@@H]21. The summed E-state index contributed by atoms with van der Waals surface area (Å²) in [7, 11) is 1.69. The van der Waals surface area contributed by atoms with Crippen LogP contribution in [0.4, 0.5) is 5.69 Å². The smallest absolute Gasteiger partial charge is 0.124 e. The first kappa shape index (κ1) is 17.5. The normalized spacial score (nSPS) is 23.8. The van der Waals surface area contributed by atoms with Gasteiger partial charge in [0.2, 0.25) is 0 Å². The van der Waals surface area contributed by atoms with Crippen LogP contribution < -0.4 is 10.1 Å². The Morgan fingerprint density at radius 1 is 1.16 bits per heavy atom. The number of hydrogen-bond donors (Lipinski definition) is 1. The third-order valence-electron chi connectivity index (χ3n) is 5.01. The molecule has 0 amide bonds. The van der Waals surface area contributed by atoms with Crippen LogP contribution in [0.3, 0.4) is 0 Å². The molecule has 2 aromatic rings. The summed E-state index contributed by atoms with van der Waals surface area (Å²) < 4.78 is 6.61. The van der Waals surface area contributed by atoms with Gasteiger partial charge in [-0.1, -0.05) is 62.9 Å². The first-order valence-electron chi connectivity index (χ1n) is 7.95. The van der Waals surface area contributed by atoms with Crippen molar-refractivity contribution < 1.29 is 4.74 Å². The average molecular weight is 460 g/mol. The Labute approximate surface area is 170 Å². The van der Waals surface area contributed by atoms with E-state index in [2.05, 4.69) is 39.5 Å². The molecule has 1 N–H and O–H groups in total. The van der Waals surface area contributed by atoms with Crippen LogP contribution >= 0.6 is 50.7 Å². The molecule has 130 valence electrons. The number of nitrogens with one attached hydrogen (secondary N) is 1. The third-order valence-corrected chi connectivity index (χ3v) is 6.60. The summed E-state index contributed by atoms with van der Waals surface area (Å²) in [5.41, 5.74) is 2.95. The maximum Gasteiger partial charge on any atom is 0.124 e. The lowest BCUT2D eigenvalue weighted by Gasteiger charge is -2.39. The molecule has 1 heterocycles. The molecule has 25 heavy (non-hydrogen) atoms. The second kappa shape index (κ2) is 6.70. The minimum absolute atomic E-state index is 0.0645. The van der Waals surface area contributed by atoms with Crippen molar-refractivity contribution in [2.45, 2.75) is 18.4 Å². The standard InChI is InChI=1S/C19H15BrCl3NO/c1-25-15-6-5-9(20)7-12(15)18-11-4-2-3-10(11)16-17(23)13(21)8-14(22)19(16)24-18/h2-3,5-8,10-11,18,24H,4H2,1H3/t10-,11+,18-/m1/s1. The number of hydrogen-bond acceptors (Lipinski definition) is 2. The molecule has 0 saturated carbocycles. The Morgan fingerprint density at radius 2 is 1.96 bits per heavy atom. The Bertz CT molecular complexity index is 883. The molecule has 0 unspecified atom stereocenters. The fourth-order valence-electron chi connectivity index (χ4n) is 3.92. The van der Waals surface area contributed by atoms with Crippen LogP contribution in [0, 0.1) is 5.92 Å². The van der Waals surface area contributed by atoms with Crippen molar-refractivity contribution in [1.82, 2.24) is 0 Å². The molecule has 0 spiro atoms. The lowest BCUT2D eigenvalue weighted by molar-refractivity contribution is 0.381. The van der Waals surface area contributed by atoms with Gasteiger partial charge in [0.25, 0.3) is 0 Å². The van der Waals surface area contributed by atoms with E-state index >= 15 is 0 Å². The monoisotopic (exact) mass is 457 g/mol. The Kier molecular flexibility index (Phi) is 4.70. The molecule has 1 aliphatic carbocycles. The lowest BCUT2D eigenvalue weighted by atomic mass is 9.76. The Balaban J connectivity index is 1.89. The van der Waals surface area contributed by atoms with E-state index in [1.807, 2.05) is 12.1 Å². The molecule has 4 rings (SSSR count). The van der Waals surface area contributed by atoms with E-state index in [4.69, 9.17) is 39.5 Å². The van der Waals surface area contributed by atoms with E-state index in [0.29, 0.717) is 21.0 Å². The molecule has 0 aromatic heterocycles. The van der Waals surface area contributed by atoms with Crippen LogP contribution in [-0.2, 0) is 0 Å². The summed E-state index contributed by atoms with van der Waals surface area (Å²) in [6.07, 6.45) is 5.37. The predicted molar refractivity (Wildman–Crippen MR) is 109 cm³/mol. The fraction of sp³-hybridized carbons (Fsp3) is 0.263.